The molecule has 0 bridgehead atoms. The van der Waals surface area contributed by atoms with Gasteiger partial charge >= 0.3 is 12.3 Å². The predicted octanol–water partition coefficient (Wildman–Crippen LogP) is 4.99. The zero-order chi connectivity index (χ0) is 29.5. The molecule has 0 spiro atoms. The summed E-state index contributed by atoms with van der Waals surface area (Å²) in [5.74, 6) is -0.395. The molecule has 0 fully saturated rings. The molecule has 1 aromatic carbocycles. The predicted molar refractivity (Wildman–Crippen MR) is 142 cm³/mol. The van der Waals surface area contributed by atoms with E-state index in [1.807, 2.05) is 27.7 Å². The maximum atomic E-state index is 12.9. The van der Waals surface area contributed by atoms with Gasteiger partial charge in [0.1, 0.15) is 11.9 Å². The topological polar surface area (TPSA) is 134 Å². The van der Waals surface area contributed by atoms with Gasteiger partial charge in [-0.15, -0.1) is 0 Å². The van der Waals surface area contributed by atoms with Gasteiger partial charge in [-0.2, -0.15) is 23.4 Å². The number of ether oxygens (including phenoxy) is 1. The highest BCUT2D eigenvalue weighted by atomic mass is 19.4. The Balaban J connectivity index is 1.67. The number of hydrogen-bond acceptors (Lipinski definition) is 6. The lowest BCUT2D eigenvalue weighted by atomic mass is 9.89. The van der Waals surface area contributed by atoms with Crippen molar-refractivity contribution in [1.29, 1.82) is 0 Å². The number of rotatable bonds is 11. The van der Waals surface area contributed by atoms with E-state index in [9.17, 15) is 27.9 Å². The zero-order valence-electron chi connectivity index (χ0n) is 22.8. The Bertz CT molecular complexity index is 1240. The van der Waals surface area contributed by atoms with E-state index >= 15 is 0 Å². The first-order valence-corrected chi connectivity index (χ1v) is 12.9. The first-order valence-electron chi connectivity index (χ1n) is 12.9. The number of unbranched alkanes of at least 4 members (excludes halogenated alkanes) is 1. The zero-order valence-corrected chi connectivity index (χ0v) is 22.8. The normalized spacial score (nSPS) is 14.3. The number of halogens is 3. The number of nitrogens with one attached hydrogen (secondary N) is 3. The number of H-pyrrole nitrogens is 1. The molecule has 2 amide bonds. The van der Waals surface area contributed by atoms with Crippen LogP contribution in [-0.2, 0) is 22.3 Å². The summed E-state index contributed by atoms with van der Waals surface area (Å²) in [4.78, 5) is 25.5. The van der Waals surface area contributed by atoms with Crippen molar-refractivity contribution in [3.8, 4) is 11.3 Å². The van der Waals surface area contributed by atoms with Crippen molar-refractivity contribution in [2.45, 2.75) is 77.9 Å². The minimum atomic E-state index is -4.43. The van der Waals surface area contributed by atoms with E-state index in [1.54, 1.807) is 16.9 Å². The fourth-order valence-corrected chi connectivity index (χ4v) is 3.87. The Morgan fingerprint density at radius 1 is 1.12 bits per heavy atom. The lowest BCUT2D eigenvalue weighted by Gasteiger charge is -2.31. The van der Waals surface area contributed by atoms with Crippen LogP contribution < -0.4 is 10.6 Å². The summed E-state index contributed by atoms with van der Waals surface area (Å²) in [5, 5.41) is 26.6. The Kier molecular flexibility index (Phi) is 9.96. The summed E-state index contributed by atoms with van der Waals surface area (Å²) in [6.45, 7) is 7.76. The van der Waals surface area contributed by atoms with Crippen molar-refractivity contribution < 1.29 is 32.6 Å². The van der Waals surface area contributed by atoms with Crippen molar-refractivity contribution in [2.75, 3.05) is 5.32 Å². The average molecular weight is 565 g/mol. The van der Waals surface area contributed by atoms with Crippen LogP contribution >= 0.6 is 0 Å². The number of carbonyl (C=O) groups excluding carboxylic acids is 2. The molecule has 0 saturated heterocycles. The summed E-state index contributed by atoms with van der Waals surface area (Å²) >= 11 is 0. The number of nitrogens with zero attached hydrogens (tertiary/aromatic N) is 3. The van der Waals surface area contributed by atoms with Gasteiger partial charge in [-0.25, -0.2) is 4.79 Å². The van der Waals surface area contributed by atoms with E-state index in [4.69, 9.17) is 4.74 Å². The summed E-state index contributed by atoms with van der Waals surface area (Å²) in [6.07, 6.45) is -2.54. The minimum Gasteiger partial charge on any atom is -0.444 e. The molecule has 0 saturated carbocycles. The van der Waals surface area contributed by atoms with E-state index in [-0.39, 0.29) is 6.54 Å². The van der Waals surface area contributed by atoms with Gasteiger partial charge in [-0.3, -0.25) is 14.6 Å². The molecule has 3 aromatic rings. The molecule has 218 valence electrons. The number of aromatic nitrogens is 4. The molecule has 3 rings (SSSR count). The number of anilines is 1. The van der Waals surface area contributed by atoms with Crippen molar-refractivity contribution in [3.05, 3.63) is 54.4 Å². The Morgan fingerprint density at radius 2 is 1.82 bits per heavy atom. The van der Waals surface area contributed by atoms with Gasteiger partial charge in [-0.05, 0) is 24.6 Å². The van der Waals surface area contributed by atoms with Crippen LogP contribution in [0.1, 0.15) is 52.5 Å². The number of carbonyl (C=O) groups is 2. The smallest absolute Gasteiger partial charge is 0.416 e. The Labute approximate surface area is 230 Å². The molecule has 0 aliphatic heterocycles. The highest BCUT2D eigenvalue weighted by Gasteiger charge is 2.33. The third kappa shape index (κ3) is 8.57. The van der Waals surface area contributed by atoms with Crippen molar-refractivity contribution >= 4 is 17.8 Å². The fourth-order valence-electron chi connectivity index (χ4n) is 3.87. The van der Waals surface area contributed by atoms with Gasteiger partial charge in [0.25, 0.3) is 5.91 Å². The van der Waals surface area contributed by atoms with Crippen LogP contribution in [0.15, 0.2) is 48.8 Å². The third-order valence-corrected chi connectivity index (χ3v) is 6.30. The van der Waals surface area contributed by atoms with Gasteiger partial charge in [0.05, 0.1) is 30.0 Å². The average Bonchev–Trinajstić information content (AvgIpc) is 3.57. The number of alkyl halides is 3. The molecule has 10 nitrogen and oxygen atoms in total. The molecule has 2 heterocycles. The lowest BCUT2D eigenvalue weighted by Crippen LogP contribution is -2.50. The summed E-state index contributed by atoms with van der Waals surface area (Å²) in [5.41, 5.74) is -0.285. The summed E-state index contributed by atoms with van der Waals surface area (Å²) in [7, 11) is 0. The van der Waals surface area contributed by atoms with E-state index in [0.29, 0.717) is 29.9 Å². The van der Waals surface area contributed by atoms with Crippen molar-refractivity contribution in [2.24, 2.45) is 5.41 Å². The molecule has 2 aromatic heterocycles. The first kappa shape index (κ1) is 30.7. The number of alkyl carbamates (subject to hydrolysis) is 1. The van der Waals surface area contributed by atoms with E-state index in [2.05, 4.69) is 25.9 Å². The van der Waals surface area contributed by atoms with Crippen LogP contribution in [0.2, 0.25) is 0 Å². The molecular weight excluding hydrogens is 529 g/mol. The van der Waals surface area contributed by atoms with Crippen LogP contribution in [0.5, 0.6) is 0 Å². The highest BCUT2D eigenvalue weighted by molar-refractivity contribution is 5.94. The molecule has 3 atom stereocenters. The molecule has 40 heavy (non-hydrogen) atoms. The van der Waals surface area contributed by atoms with Crippen LogP contribution in [0.4, 0.5) is 23.8 Å². The maximum absolute atomic E-state index is 12.9. The number of amides is 2. The monoisotopic (exact) mass is 564 g/mol. The number of aliphatic hydroxyl groups excluding tert-OH is 1. The van der Waals surface area contributed by atoms with Gasteiger partial charge < -0.3 is 20.5 Å². The third-order valence-electron chi connectivity index (χ3n) is 6.30. The summed E-state index contributed by atoms with van der Waals surface area (Å²) in [6, 6.07) is 7.00. The SMILES string of the molecule is CCCC[C@H](NC(=O)O[C@H](Cn1ccc(-c2ccc(C(F)(F)F)cc2)n1)C(C)(C)C)[C@H](O)C(=O)Nc1ccn[nH]1. The van der Waals surface area contributed by atoms with Gasteiger partial charge in [0.2, 0.25) is 0 Å². The molecule has 0 aliphatic carbocycles. The number of aromatic amines is 1. The van der Waals surface area contributed by atoms with Crippen LogP contribution in [-0.4, -0.2) is 55.3 Å². The lowest BCUT2D eigenvalue weighted by molar-refractivity contribution is -0.137. The van der Waals surface area contributed by atoms with E-state index < -0.39 is 47.4 Å². The van der Waals surface area contributed by atoms with Gasteiger partial charge in [0.15, 0.2) is 6.10 Å². The Morgan fingerprint density at radius 3 is 2.40 bits per heavy atom. The number of benzene rings is 1. The van der Waals surface area contributed by atoms with Gasteiger partial charge in [0, 0.05) is 23.2 Å². The second kappa shape index (κ2) is 13.0. The number of hydrogen-bond donors (Lipinski definition) is 4. The van der Waals surface area contributed by atoms with Crippen LogP contribution in [0, 0.1) is 5.41 Å². The second-order valence-electron chi connectivity index (χ2n) is 10.6. The van der Waals surface area contributed by atoms with Crippen molar-refractivity contribution in [3.63, 3.8) is 0 Å². The first-order chi connectivity index (χ1) is 18.8. The fraction of sp³-hybridized carbons (Fsp3) is 0.481. The van der Waals surface area contributed by atoms with E-state index in [0.717, 1.165) is 18.6 Å². The molecule has 4 N–H and O–H groups in total. The molecular formula is C27H35F3N6O4. The second-order valence-corrected chi connectivity index (χ2v) is 10.6. The van der Waals surface area contributed by atoms with Crippen LogP contribution in [0.3, 0.4) is 0 Å². The molecule has 0 radical (unpaired) electrons. The molecule has 0 aliphatic rings. The molecule has 0 unspecified atom stereocenters. The maximum Gasteiger partial charge on any atom is 0.416 e. The highest BCUT2D eigenvalue weighted by Crippen LogP contribution is 2.31. The summed E-state index contributed by atoms with van der Waals surface area (Å²) < 4.78 is 45.9. The van der Waals surface area contributed by atoms with Crippen LogP contribution in [0.25, 0.3) is 11.3 Å². The van der Waals surface area contributed by atoms with Crippen molar-refractivity contribution in [1.82, 2.24) is 25.3 Å². The molecule has 13 heteroatoms. The van der Waals surface area contributed by atoms with Gasteiger partial charge in [-0.1, -0.05) is 52.7 Å². The minimum absolute atomic E-state index is 0.167. The Hall–Kier alpha value is -3.87. The van der Waals surface area contributed by atoms with E-state index in [1.165, 1.54) is 24.4 Å². The number of aliphatic hydroxyl groups is 1. The largest absolute Gasteiger partial charge is 0.444 e. The quantitative estimate of drug-likeness (QED) is 0.259. The standard InChI is InChI=1S/C27H35F3N6O4/c1-5-6-7-20(23(37)24(38)33-22-12-14-31-34-22)32-25(39)40-21(26(2,3)4)16-36-15-13-19(35-36)17-8-10-18(11-9-17)27(28,29)30/h8-15,20-21,23,37H,5-7,16H2,1-4H3,(H,32,39)(H2,31,33,34,38)/t20-,21+,23-/m0/s1.